The van der Waals surface area contributed by atoms with Gasteiger partial charge < -0.3 is 9.30 Å². The quantitative estimate of drug-likeness (QED) is 0.532. The van der Waals surface area contributed by atoms with Crippen LogP contribution in [0.1, 0.15) is 54.2 Å². The van der Waals surface area contributed by atoms with Crippen LogP contribution in [0, 0.1) is 18.6 Å². The molecule has 0 spiro atoms. The second kappa shape index (κ2) is 10.8. The van der Waals surface area contributed by atoms with E-state index in [-0.39, 0.29) is 30.7 Å². The molecule has 0 saturated heterocycles. The fourth-order valence-electron chi connectivity index (χ4n) is 4.33. The van der Waals surface area contributed by atoms with Gasteiger partial charge in [0.15, 0.2) is 0 Å². The average Bonchev–Trinajstić information content (AvgIpc) is 2.76. The molecular formula is C22H28F3N3O4S. The van der Waals surface area contributed by atoms with Crippen LogP contribution < -0.4 is 15.2 Å². The van der Waals surface area contributed by atoms with Crippen LogP contribution >= 0.6 is 0 Å². The van der Waals surface area contributed by atoms with Crippen LogP contribution in [0.25, 0.3) is 0 Å². The number of pyridine rings is 1. The van der Waals surface area contributed by atoms with Crippen molar-refractivity contribution >= 4 is 10.2 Å². The van der Waals surface area contributed by atoms with Gasteiger partial charge in [-0.3, -0.25) is 4.79 Å². The van der Waals surface area contributed by atoms with E-state index in [2.05, 4.69) is 4.72 Å². The lowest BCUT2D eigenvalue weighted by molar-refractivity contribution is 0.0168. The molecule has 182 valence electrons. The number of nitrogens with zero attached hydrogens (tertiary/aromatic N) is 1. The molecule has 7 nitrogen and oxygen atoms in total. The fraction of sp³-hybridized carbons (Fsp3) is 0.500. The Morgan fingerprint density at radius 1 is 1.12 bits per heavy atom. The number of halogens is 3. The number of aromatic nitrogens is 1. The van der Waals surface area contributed by atoms with E-state index in [0.29, 0.717) is 41.8 Å². The van der Waals surface area contributed by atoms with Crippen molar-refractivity contribution in [2.45, 2.75) is 50.5 Å². The van der Waals surface area contributed by atoms with E-state index in [4.69, 9.17) is 4.74 Å². The summed E-state index contributed by atoms with van der Waals surface area (Å²) in [5.41, 5.74) is 1.51. The molecule has 0 aliphatic heterocycles. The molecule has 0 bridgehead atoms. The zero-order valence-corrected chi connectivity index (χ0v) is 19.3. The smallest absolute Gasteiger partial charge is 0.303 e. The number of aryl methyl sites for hydroxylation is 2. The number of benzene rings is 1. The van der Waals surface area contributed by atoms with E-state index in [1.54, 1.807) is 19.3 Å². The monoisotopic (exact) mass is 487 g/mol. The van der Waals surface area contributed by atoms with Crippen LogP contribution in [-0.4, -0.2) is 32.2 Å². The van der Waals surface area contributed by atoms with E-state index < -0.39 is 27.8 Å². The molecule has 1 atom stereocenters. The van der Waals surface area contributed by atoms with Crippen LogP contribution in [0.4, 0.5) is 13.3 Å². The molecule has 0 amide bonds. The van der Waals surface area contributed by atoms with Gasteiger partial charge in [0.2, 0.25) is 0 Å². The average molecular weight is 488 g/mol. The van der Waals surface area contributed by atoms with Crippen molar-refractivity contribution in [3.05, 3.63) is 69.1 Å². The third kappa shape index (κ3) is 6.89. The number of nitrogens with one attached hydrogen (secondary N) is 2. The molecule has 1 unspecified atom stereocenters. The van der Waals surface area contributed by atoms with Gasteiger partial charge in [0.1, 0.15) is 11.6 Å². The first-order valence-corrected chi connectivity index (χ1v) is 12.2. The summed E-state index contributed by atoms with van der Waals surface area (Å²) >= 11 is 0. The summed E-state index contributed by atoms with van der Waals surface area (Å²) in [4.78, 5) is 13.3. The van der Waals surface area contributed by atoms with Crippen LogP contribution in [0.5, 0.6) is 0 Å². The highest BCUT2D eigenvalue weighted by Crippen LogP contribution is 2.35. The first-order chi connectivity index (χ1) is 15.6. The molecule has 2 N–H and O–H groups in total. The normalized spacial score (nSPS) is 20.0. The highest BCUT2D eigenvalue weighted by molar-refractivity contribution is 7.87. The molecule has 2 aromatic rings. The van der Waals surface area contributed by atoms with Gasteiger partial charge in [-0.05, 0) is 72.8 Å². The van der Waals surface area contributed by atoms with Crippen molar-refractivity contribution in [3.63, 3.8) is 0 Å². The van der Waals surface area contributed by atoms with Crippen LogP contribution in [-0.2, 0) is 22.0 Å². The molecule has 1 aliphatic rings. The minimum Gasteiger partial charge on any atom is -0.378 e. The van der Waals surface area contributed by atoms with Gasteiger partial charge in [0.05, 0.1) is 12.7 Å². The molecule has 1 aliphatic carbocycles. The van der Waals surface area contributed by atoms with Crippen molar-refractivity contribution < 1.29 is 26.4 Å². The predicted octanol–water partition coefficient (Wildman–Crippen LogP) is 3.11. The summed E-state index contributed by atoms with van der Waals surface area (Å²) in [7, 11) is -2.74. The maximum atomic E-state index is 13.5. The summed E-state index contributed by atoms with van der Waals surface area (Å²) in [5, 5.41) is 0. The first-order valence-electron chi connectivity index (χ1n) is 10.7. The topological polar surface area (TPSA) is 89.4 Å². The fourth-order valence-corrected chi connectivity index (χ4v) is 4.80. The second-order valence-corrected chi connectivity index (χ2v) is 9.97. The SMILES string of the molecule is Cc1cc(C(CNS(=O)(=O)NF)COC2CCC(c3cc(F)cc(F)c3)CC2)c(=O)n(C)c1. The Morgan fingerprint density at radius 2 is 1.76 bits per heavy atom. The summed E-state index contributed by atoms with van der Waals surface area (Å²) in [6, 6.07) is 5.22. The Labute approximate surface area is 191 Å². The maximum absolute atomic E-state index is 13.5. The minimum absolute atomic E-state index is 0.0253. The Hall–Kier alpha value is -2.21. The molecule has 1 aromatic heterocycles. The molecular weight excluding hydrogens is 459 g/mol. The third-order valence-electron chi connectivity index (χ3n) is 5.97. The van der Waals surface area contributed by atoms with Crippen molar-refractivity contribution in [2.75, 3.05) is 13.2 Å². The van der Waals surface area contributed by atoms with E-state index in [1.807, 2.05) is 6.92 Å². The van der Waals surface area contributed by atoms with Crippen LogP contribution in [0.15, 0.2) is 35.3 Å². The van der Waals surface area contributed by atoms with Gasteiger partial charge in [-0.2, -0.15) is 13.1 Å². The first kappa shape index (κ1) is 25.4. The van der Waals surface area contributed by atoms with E-state index in [0.717, 1.165) is 11.6 Å². The van der Waals surface area contributed by atoms with Gasteiger partial charge >= 0.3 is 10.2 Å². The van der Waals surface area contributed by atoms with Gasteiger partial charge in [-0.1, -0.05) is 0 Å². The molecule has 1 fully saturated rings. The van der Waals surface area contributed by atoms with Crippen LogP contribution in [0.2, 0.25) is 0 Å². The largest absolute Gasteiger partial charge is 0.378 e. The zero-order valence-electron chi connectivity index (χ0n) is 18.5. The number of rotatable bonds is 9. The van der Waals surface area contributed by atoms with Gasteiger partial charge in [0, 0.05) is 37.3 Å². The third-order valence-corrected chi connectivity index (χ3v) is 6.72. The zero-order chi connectivity index (χ0) is 24.2. The Kier molecular flexibility index (Phi) is 8.33. The van der Waals surface area contributed by atoms with E-state index >= 15 is 0 Å². The summed E-state index contributed by atoms with van der Waals surface area (Å²) in [6.45, 7) is 1.64. The molecule has 1 saturated carbocycles. The highest BCUT2D eigenvalue weighted by atomic mass is 32.2. The number of hydrogen-bond donors (Lipinski definition) is 2. The molecule has 1 heterocycles. The Balaban J connectivity index is 1.67. The number of ether oxygens (including phenoxy) is 1. The molecule has 1 aromatic carbocycles. The second-order valence-electron chi connectivity index (χ2n) is 8.52. The van der Waals surface area contributed by atoms with Crippen molar-refractivity contribution in [1.82, 2.24) is 14.2 Å². The molecule has 0 radical (unpaired) electrons. The summed E-state index contributed by atoms with van der Waals surface area (Å²) < 4.78 is 72.1. The lowest BCUT2D eigenvalue weighted by atomic mass is 9.82. The maximum Gasteiger partial charge on any atom is 0.303 e. The standard InChI is InChI=1S/C22H28F3N3O4S/c1-14-7-21(22(29)28(2)12-14)17(11-26-33(30,31)27-25)13-32-20-5-3-15(4-6-20)16-8-18(23)10-19(24)9-16/h7-10,12,15,17,20,26-27H,3-6,11,13H2,1-2H3. The number of hydrogen-bond acceptors (Lipinski definition) is 4. The minimum atomic E-state index is -4.34. The highest BCUT2D eigenvalue weighted by Gasteiger charge is 2.26. The summed E-state index contributed by atoms with van der Waals surface area (Å²) in [5.74, 6) is -1.81. The lowest BCUT2D eigenvalue weighted by Crippen LogP contribution is -2.38. The van der Waals surface area contributed by atoms with Crippen molar-refractivity contribution in [1.29, 1.82) is 0 Å². The van der Waals surface area contributed by atoms with Crippen molar-refractivity contribution in [2.24, 2.45) is 7.05 Å². The van der Waals surface area contributed by atoms with Gasteiger partial charge in [0.25, 0.3) is 5.56 Å². The molecule has 11 heteroatoms. The molecule has 33 heavy (non-hydrogen) atoms. The lowest BCUT2D eigenvalue weighted by Gasteiger charge is -2.30. The van der Waals surface area contributed by atoms with Crippen molar-refractivity contribution in [3.8, 4) is 0 Å². The Morgan fingerprint density at radius 3 is 2.36 bits per heavy atom. The Bertz CT molecular complexity index is 1110. The molecule has 3 rings (SSSR count). The van der Waals surface area contributed by atoms with E-state index in [1.165, 1.54) is 16.7 Å². The summed E-state index contributed by atoms with van der Waals surface area (Å²) in [6.07, 6.45) is 4.18. The van der Waals surface area contributed by atoms with E-state index in [9.17, 15) is 26.5 Å². The van der Waals surface area contributed by atoms with Gasteiger partial charge in [-0.25, -0.2) is 8.78 Å². The van der Waals surface area contributed by atoms with Crippen LogP contribution in [0.3, 0.4) is 0 Å². The van der Waals surface area contributed by atoms with Gasteiger partial charge in [-0.15, -0.1) is 4.48 Å². The predicted molar refractivity (Wildman–Crippen MR) is 118 cm³/mol.